The molecule has 5 unspecified atom stereocenters. The third kappa shape index (κ3) is 3.52. The van der Waals surface area contributed by atoms with Crippen molar-refractivity contribution in [3.8, 4) is 0 Å². The molecule has 0 radical (unpaired) electrons. The number of nitrogens with one attached hydrogen (secondary N) is 1. The molecule has 4 aliphatic rings. The lowest BCUT2D eigenvalue weighted by Crippen LogP contribution is -2.49. The first-order valence-electron chi connectivity index (χ1n) is 12.8. The first-order valence-corrected chi connectivity index (χ1v) is 14.0. The van der Waals surface area contributed by atoms with Crippen LogP contribution in [0.15, 0.2) is 60.0 Å². The largest absolute Gasteiger partial charge is 0.385 e. The number of nitrogens with zero attached hydrogens (tertiary/aromatic N) is 1. The highest BCUT2D eigenvalue weighted by Crippen LogP contribution is 2.64. The summed E-state index contributed by atoms with van der Waals surface area (Å²) >= 11 is 1.75. The Morgan fingerprint density at radius 2 is 2.03 bits per heavy atom. The number of pyridine rings is 1. The van der Waals surface area contributed by atoms with Crippen LogP contribution in [0, 0.1) is 17.3 Å². The van der Waals surface area contributed by atoms with Crippen molar-refractivity contribution >= 4 is 22.7 Å². The van der Waals surface area contributed by atoms with Gasteiger partial charge in [0, 0.05) is 23.8 Å². The summed E-state index contributed by atoms with van der Waals surface area (Å²) in [6.07, 6.45) is 19.8. The Morgan fingerprint density at radius 1 is 1.12 bits per heavy atom. The molecule has 2 N–H and O–H groups in total. The fourth-order valence-electron chi connectivity index (χ4n) is 7.90. The van der Waals surface area contributed by atoms with Gasteiger partial charge in [0.1, 0.15) is 0 Å². The highest BCUT2D eigenvalue weighted by molar-refractivity contribution is 7.96. The van der Waals surface area contributed by atoms with Gasteiger partial charge < -0.3 is 5.11 Å². The number of benzene rings is 1. The summed E-state index contributed by atoms with van der Waals surface area (Å²) in [6, 6.07) is 9.63. The van der Waals surface area contributed by atoms with Gasteiger partial charge in [-0.1, -0.05) is 48.7 Å². The quantitative estimate of drug-likeness (QED) is 0.510. The average Bonchev–Trinajstić information content (AvgIpc) is 3.11. The molecule has 0 spiro atoms. The van der Waals surface area contributed by atoms with E-state index in [1.54, 1.807) is 17.5 Å². The smallest absolute Gasteiger partial charge is 0.0927 e. The van der Waals surface area contributed by atoms with Crippen molar-refractivity contribution < 1.29 is 5.11 Å². The van der Waals surface area contributed by atoms with Crippen LogP contribution in [-0.4, -0.2) is 28.0 Å². The van der Waals surface area contributed by atoms with Crippen LogP contribution in [-0.2, 0) is 0 Å². The predicted molar refractivity (Wildman–Crippen MR) is 138 cm³/mol. The number of rotatable bonds is 3. The van der Waals surface area contributed by atoms with Crippen molar-refractivity contribution in [2.24, 2.45) is 17.3 Å². The minimum atomic E-state index is -0.674. The molecular weight excluding hydrogens is 424 g/mol. The lowest BCUT2D eigenvalue weighted by atomic mass is 9.58. The lowest BCUT2D eigenvalue weighted by Gasteiger charge is -2.49. The van der Waals surface area contributed by atoms with Crippen molar-refractivity contribution in [3.05, 3.63) is 65.5 Å². The molecule has 4 aliphatic carbocycles. The monoisotopic (exact) mass is 460 g/mol. The summed E-state index contributed by atoms with van der Waals surface area (Å²) in [5.41, 5.74) is 3.68. The Labute approximate surface area is 202 Å². The third-order valence-electron chi connectivity index (χ3n) is 9.62. The van der Waals surface area contributed by atoms with Crippen LogP contribution in [0.25, 0.3) is 10.8 Å². The van der Waals surface area contributed by atoms with Gasteiger partial charge in [0.25, 0.3) is 0 Å². The Bertz CT molecular complexity index is 1130. The van der Waals surface area contributed by atoms with Crippen LogP contribution < -0.4 is 4.72 Å². The topological polar surface area (TPSA) is 45.2 Å². The molecule has 2 aromatic rings. The maximum absolute atomic E-state index is 12.3. The molecule has 1 heterocycles. The molecule has 2 fully saturated rings. The number of allylic oxidation sites excluding steroid dienone is 2. The van der Waals surface area contributed by atoms with E-state index in [-0.39, 0.29) is 5.41 Å². The molecule has 4 heteroatoms. The first-order chi connectivity index (χ1) is 16.0. The van der Waals surface area contributed by atoms with Gasteiger partial charge in [-0.15, -0.1) is 0 Å². The Balaban J connectivity index is 1.31. The fraction of sp³-hybridized carbons (Fsp3) is 0.552. The van der Waals surface area contributed by atoms with Gasteiger partial charge in [-0.05, 0) is 109 Å². The van der Waals surface area contributed by atoms with Gasteiger partial charge in [0.05, 0.1) is 5.60 Å². The van der Waals surface area contributed by atoms with Crippen LogP contribution >= 0.6 is 11.9 Å². The number of aromatic nitrogens is 1. The summed E-state index contributed by atoms with van der Waals surface area (Å²) in [7, 11) is 0. The molecule has 6 atom stereocenters. The Hall–Kier alpha value is -1.62. The average molecular weight is 461 g/mol. The maximum atomic E-state index is 12.3. The molecule has 0 saturated heterocycles. The van der Waals surface area contributed by atoms with Crippen LogP contribution in [0.3, 0.4) is 0 Å². The Kier molecular flexibility index (Phi) is 5.47. The molecule has 174 valence electrons. The van der Waals surface area contributed by atoms with Gasteiger partial charge in [0.15, 0.2) is 0 Å². The second kappa shape index (κ2) is 8.25. The van der Waals surface area contributed by atoms with Crippen LogP contribution in [0.5, 0.6) is 0 Å². The summed E-state index contributed by atoms with van der Waals surface area (Å²) < 4.78 is 3.60. The highest BCUT2D eigenvalue weighted by Gasteiger charge is 2.58. The predicted octanol–water partition coefficient (Wildman–Crippen LogP) is 6.55. The number of hydrogen-bond donors (Lipinski definition) is 2. The lowest BCUT2D eigenvalue weighted by molar-refractivity contribution is -0.0473. The van der Waals surface area contributed by atoms with Crippen molar-refractivity contribution in [2.45, 2.75) is 75.9 Å². The fourth-order valence-corrected chi connectivity index (χ4v) is 8.45. The first kappa shape index (κ1) is 21.9. The molecule has 0 bridgehead atoms. The molecule has 0 amide bonds. The molecule has 33 heavy (non-hydrogen) atoms. The molecular formula is C29H36N2OS. The molecule has 3 nitrogen and oxygen atoms in total. The number of fused-ring (bicyclic) bond motifs is 5. The van der Waals surface area contributed by atoms with Gasteiger partial charge in [0.2, 0.25) is 0 Å². The summed E-state index contributed by atoms with van der Waals surface area (Å²) in [5.74, 6) is 1.44. The summed E-state index contributed by atoms with van der Waals surface area (Å²) in [4.78, 5) is 4.35. The molecule has 1 aromatic heterocycles. The number of aliphatic hydroxyl groups is 1. The second-order valence-electron chi connectivity index (χ2n) is 11.2. The van der Waals surface area contributed by atoms with Gasteiger partial charge in [-0.25, -0.2) is 0 Å². The van der Waals surface area contributed by atoms with Crippen molar-refractivity contribution in [2.75, 3.05) is 6.26 Å². The standard InChI is InChI=1S/C29H36N2OS/c1-28-12-10-24-16-20-5-6-25(31-33-2)17-21(20)9-13-29(24,32)27(28)8-7-26(28)22-4-3-19-11-14-30-18-23(19)15-22/h3-4,10-11,14-16,18,21,25-27,31-32H,5-9,12-13,17H2,1-2H3/t21?,25?,26?,27?,28?,29-/m1/s1. The van der Waals surface area contributed by atoms with E-state index in [1.807, 2.05) is 12.4 Å². The normalized spacial score (nSPS) is 38.0. The molecule has 2 saturated carbocycles. The van der Waals surface area contributed by atoms with E-state index in [1.165, 1.54) is 41.2 Å². The van der Waals surface area contributed by atoms with Crippen molar-refractivity contribution in [3.63, 3.8) is 0 Å². The zero-order valence-electron chi connectivity index (χ0n) is 19.9. The minimum Gasteiger partial charge on any atom is -0.385 e. The van der Waals surface area contributed by atoms with Gasteiger partial charge >= 0.3 is 0 Å². The molecule has 1 aromatic carbocycles. The highest BCUT2D eigenvalue weighted by atomic mass is 32.2. The van der Waals surface area contributed by atoms with Crippen LogP contribution in [0.4, 0.5) is 0 Å². The van der Waals surface area contributed by atoms with Crippen LogP contribution in [0.2, 0.25) is 0 Å². The minimum absolute atomic E-state index is 0.102. The van der Waals surface area contributed by atoms with E-state index in [2.05, 4.69) is 59.3 Å². The zero-order valence-corrected chi connectivity index (χ0v) is 20.7. The molecule has 0 aliphatic heterocycles. The van der Waals surface area contributed by atoms with Gasteiger partial charge in [-0.3, -0.25) is 9.71 Å². The zero-order chi connectivity index (χ0) is 22.6. The van der Waals surface area contributed by atoms with Crippen molar-refractivity contribution in [1.82, 2.24) is 9.71 Å². The summed E-state index contributed by atoms with van der Waals surface area (Å²) in [6.45, 7) is 2.46. The van der Waals surface area contributed by atoms with E-state index in [9.17, 15) is 5.11 Å². The van der Waals surface area contributed by atoms with E-state index in [0.29, 0.717) is 23.8 Å². The van der Waals surface area contributed by atoms with E-state index < -0.39 is 5.60 Å². The van der Waals surface area contributed by atoms with E-state index in [0.717, 1.165) is 32.1 Å². The SMILES string of the molecule is CSNC1CCC2=CC3=CCC4(C)C(c5ccc6ccncc6c5)CCC4[C@@]3(O)CCC2C1. The summed E-state index contributed by atoms with van der Waals surface area (Å²) in [5, 5.41) is 14.8. The Morgan fingerprint density at radius 3 is 2.91 bits per heavy atom. The third-order valence-corrected chi connectivity index (χ3v) is 10.2. The van der Waals surface area contributed by atoms with E-state index >= 15 is 0 Å². The van der Waals surface area contributed by atoms with E-state index in [4.69, 9.17) is 0 Å². The van der Waals surface area contributed by atoms with Crippen LogP contribution in [0.1, 0.15) is 69.8 Å². The maximum Gasteiger partial charge on any atom is 0.0927 e. The van der Waals surface area contributed by atoms with Gasteiger partial charge in [-0.2, -0.15) is 0 Å². The van der Waals surface area contributed by atoms with Crippen molar-refractivity contribution in [1.29, 1.82) is 0 Å². The number of hydrogen-bond acceptors (Lipinski definition) is 4. The molecule has 6 rings (SSSR count). The second-order valence-corrected chi connectivity index (χ2v) is 11.9.